The highest BCUT2D eigenvalue weighted by atomic mass is 16.5. The van der Waals surface area contributed by atoms with Crippen molar-refractivity contribution in [2.24, 2.45) is 7.05 Å². The molecule has 0 aliphatic heterocycles. The van der Waals surface area contributed by atoms with Crippen LogP contribution in [0.3, 0.4) is 0 Å². The number of esters is 1. The predicted molar refractivity (Wildman–Crippen MR) is 87.3 cm³/mol. The minimum absolute atomic E-state index is 0.280. The Morgan fingerprint density at radius 2 is 1.92 bits per heavy atom. The van der Waals surface area contributed by atoms with Gasteiger partial charge in [-0.1, -0.05) is 0 Å². The van der Waals surface area contributed by atoms with Crippen molar-refractivity contribution in [3.8, 4) is 6.07 Å². The number of carbonyl (C=O) groups excluding carboxylic acids is 2. The molecule has 0 aliphatic carbocycles. The maximum atomic E-state index is 12.2. The summed E-state index contributed by atoms with van der Waals surface area (Å²) >= 11 is 0. The molecule has 0 aliphatic rings. The van der Waals surface area contributed by atoms with Gasteiger partial charge >= 0.3 is 5.97 Å². The first-order valence-corrected chi connectivity index (χ1v) is 7.35. The monoisotopic (exact) mass is 326 g/mol. The SMILES string of the molecule is Cc1nn(C)c(C)c1NC(=O)[C@H](C)OC(=O)c1ccc(C#N)cc1. The molecular formula is C17H18N4O3. The first-order chi connectivity index (χ1) is 11.3. The van der Waals surface area contributed by atoms with E-state index in [-0.39, 0.29) is 5.56 Å². The minimum Gasteiger partial charge on any atom is -0.449 e. The van der Waals surface area contributed by atoms with Crippen LogP contribution >= 0.6 is 0 Å². The van der Waals surface area contributed by atoms with E-state index < -0.39 is 18.0 Å². The first-order valence-electron chi connectivity index (χ1n) is 7.35. The Kier molecular flexibility index (Phi) is 4.99. The zero-order valence-electron chi connectivity index (χ0n) is 14.0. The van der Waals surface area contributed by atoms with Crippen LogP contribution in [0.1, 0.15) is 34.2 Å². The number of nitriles is 1. The van der Waals surface area contributed by atoms with Gasteiger partial charge in [-0.2, -0.15) is 10.4 Å². The van der Waals surface area contributed by atoms with E-state index in [0.717, 1.165) is 5.69 Å². The summed E-state index contributed by atoms with van der Waals surface area (Å²) in [4.78, 5) is 24.3. The van der Waals surface area contributed by atoms with Crippen molar-refractivity contribution in [2.45, 2.75) is 26.9 Å². The van der Waals surface area contributed by atoms with Crippen LogP contribution in [0.25, 0.3) is 0 Å². The number of hydrogen-bond acceptors (Lipinski definition) is 5. The second-order valence-corrected chi connectivity index (χ2v) is 5.40. The Morgan fingerprint density at radius 1 is 1.29 bits per heavy atom. The lowest BCUT2D eigenvalue weighted by molar-refractivity contribution is -0.123. The summed E-state index contributed by atoms with van der Waals surface area (Å²) < 4.78 is 6.83. The van der Waals surface area contributed by atoms with Gasteiger partial charge in [-0.05, 0) is 45.0 Å². The van der Waals surface area contributed by atoms with Gasteiger partial charge in [0.25, 0.3) is 5.91 Å². The third kappa shape index (κ3) is 3.60. The second kappa shape index (κ2) is 6.96. The molecule has 1 amide bonds. The molecule has 24 heavy (non-hydrogen) atoms. The van der Waals surface area contributed by atoms with Gasteiger partial charge in [-0.3, -0.25) is 9.48 Å². The molecule has 1 atom stereocenters. The van der Waals surface area contributed by atoms with Gasteiger partial charge < -0.3 is 10.1 Å². The van der Waals surface area contributed by atoms with Crippen molar-refractivity contribution in [1.82, 2.24) is 9.78 Å². The highest BCUT2D eigenvalue weighted by Gasteiger charge is 2.21. The maximum Gasteiger partial charge on any atom is 0.338 e. The van der Waals surface area contributed by atoms with E-state index in [1.54, 1.807) is 18.7 Å². The zero-order valence-corrected chi connectivity index (χ0v) is 14.0. The summed E-state index contributed by atoms with van der Waals surface area (Å²) in [5.41, 5.74) is 2.84. The fraction of sp³-hybridized carbons (Fsp3) is 0.294. The molecule has 0 spiro atoms. The molecule has 1 aromatic heterocycles. The smallest absolute Gasteiger partial charge is 0.338 e. The van der Waals surface area contributed by atoms with Crippen LogP contribution in [0.4, 0.5) is 5.69 Å². The van der Waals surface area contributed by atoms with Gasteiger partial charge in [-0.15, -0.1) is 0 Å². The van der Waals surface area contributed by atoms with E-state index >= 15 is 0 Å². The standard InChI is InChI=1S/C17H18N4O3/c1-10-15(11(2)21(4)20-10)19-16(22)12(3)24-17(23)14-7-5-13(9-18)6-8-14/h5-8,12H,1-4H3,(H,19,22)/t12-/m0/s1. The zero-order chi connectivity index (χ0) is 17.9. The Morgan fingerprint density at radius 3 is 2.42 bits per heavy atom. The molecule has 1 N–H and O–H groups in total. The molecule has 7 nitrogen and oxygen atoms in total. The topological polar surface area (TPSA) is 97.0 Å². The maximum absolute atomic E-state index is 12.2. The number of aryl methyl sites for hydroxylation is 2. The molecule has 1 aromatic carbocycles. The van der Waals surface area contributed by atoms with Gasteiger partial charge in [0.1, 0.15) is 0 Å². The van der Waals surface area contributed by atoms with Crippen LogP contribution in [0.5, 0.6) is 0 Å². The molecule has 0 saturated carbocycles. The Hall–Kier alpha value is -3.14. The Labute approximate surface area is 139 Å². The number of anilines is 1. The van der Waals surface area contributed by atoms with Crippen LogP contribution in [0.2, 0.25) is 0 Å². The lowest BCUT2D eigenvalue weighted by Crippen LogP contribution is -2.30. The van der Waals surface area contributed by atoms with E-state index in [1.165, 1.54) is 31.2 Å². The lowest BCUT2D eigenvalue weighted by atomic mass is 10.1. The highest BCUT2D eigenvalue weighted by molar-refractivity contribution is 5.98. The number of rotatable bonds is 4. The van der Waals surface area contributed by atoms with E-state index in [0.29, 0.717) is 16.9 Å². The number of nitrogens with zero attached hydrogens (tertiary/aromatic N) is 3. The van der Waals surface area contributed by atoms with Crippen molar-refractivity contribution < 1.29 is 14.3 Å². The number of amides is 1. The van der Waals surface area contributed by atoms with Crippen molar-refractivity contribution in [3.63, 3.8) is 0 Å². The Bertz CT molecular complexity index is 816. The van der Waals surface area contributed by atoms with Crippen LogP contribution in [-0.4, -0.2) is 27.8 Å². The van der Waals surface area contributed by atoms with Crippen LogP contribution < -0.4 is 5.32 Å². The number of hydrogen-bond donors (Lipinski definition) is 1. The summed E-state index contributed by atoms with van der Waals surface area (Å²) in [7, 11) is 1.78. The van der Waals surface area contributed by atoms with Crippen molar-refractivity contribution >= 4 is 17.6 Å². The van der Waals surface area contributed by atoms with Crippen molar-refractivity contribution in [3.05, 3.63) is 46.8 Å². The van der Waals surface area contributed by atoms with Crippen LogP contribution in [0, 0.1) is 25.2 Å². The molecule has 2 aromatic rings. The average Bonchev–Trinajstić information content (AvgIpc) is 2.81. The first kappa shape index (κ1) is 17.2. The van der Waals surface area contributed by atoms with Crippen molar-refractivity contribution in [1.29, 1.82) is 5.26 Å². The van der Waals surface area contributed by atoms with E-state index in [2.05, 4.69) is 10.4 Å². The molecule has 0 bridgehead atoms. The molecule has 2 rings (SSSR count). The van der Waals surface area contributed by atoms with Gasteiger partial charge in [0.05, 0.1) is 34.3 Å². The number of nitrogens with one attached hydrogen (secondary N) is 1. The lowest BCUT2D eigenvalue weighted by Gasteiger charge is -2.13. The fourth-order valence-electron chi connectivity index (χ4n) is 2.14. The molecule has 124 valence electrons. The summed E-state index contributed by atoms with van der Waals surface area (Å²) in [6.07, 6.45) is -0.966. The van der Waals surface area contributed by atoms with Gasteiger partial charge in [0, 0.05) is 7.05 Å². The van der Waals surface area contributed by atoms with Gasteiger partial charge in [-0.25, -0.2) is 4.79 Å². The molecule has 0 unspecified atom stereocenters. The van der Waals surface area contributed by atoms with Crippen molar-refractivity contribution in [2.75, 3.05) is 5.32 Å². The molecule has 0 saturated heterocycles. The third-order valence-electron chi connectivity index (χ3n) is 3.66. The van der Waals surface area contributed by atoms with E-state index in [1.807, 2.05) is 13.0 Å². The summed E-state index contributed by atoms with van der Waals surface area (Å²) in [5, 5.41) is 15.7. The van der Waals surface area contributed by atoms with E-state index in [9.17, 15) is 9.59 Å². The van der Waals surface area contributed by atoms with Crippen LogP contribution in [-0.2, 0) is 16.6 Å². The van der Waals surface area contributed by atoms with Crippen LogP contribution in [0.15, 0.2) is 24.3 Å². The molecule has 7 heteroatoms. The normalized spacial score (nSPS) is 11.5. The molecule has 0 radical (unpaired) electrons. The van der Waals surface area contributed by atoms with Gasteiger partial charge in [0.15, 0.2) is 6.10 Å². The molecule has 0 fully saturated rings. The Balaban J connectivity index is 2.03. The van der Waals surface area contributed by atoms with Gasteiger partial charge in [0.2, 0.25) is 0 Å². The minimum atomic E-state index is -0.966. The second-order valence-electron chi connectivity index (χ2n) is 5.40. The molecule has 1 heterocycles. The molecular weight excluding hydrogens is 308 g/mol. The average molecular weight is 326 g/mol. The summed E-state index contributed by atoms with van der Waals surface area (Å²) in [6, 6.07) is 7.98. The number of carbonyl (C=O) groups is 2. The number of benzene rings is 1. The number of aromatic nitrogens is 2. The van der Waals surface area contributed by atoms with E-state index in [4.69, 9.17) is 10.00 Å². The quantitative estimate of drug-likeness (QED) is 0.868. The fourth-order valence-corrected chi connectivity index (χ4v) is 2.14. The largest absolute Gasteiger partial charge is 0.449 e. The third-order valence-corrected chi connectivity index (χ3v) is 3.66. The number of ether oxygens (including phenoxy) is 1. The summed E-state index contributed by atoms with van der Waals surface area (Å²) in [6.45, 7) is 5.12. The highest BCUT2D eigenvalue weighted by Crippen LogP contribution is 2.19. The summed E-state index contributed by atoms with van der Waals surface area (Å²) in [5.74, 6) is -1.06. The predicted octanol–water partition coefficient (Wildman–Crippen LogP) is 2.09.